The summed E-state index contributed by atoms with van der Waals surface area (Å²) in [6.07, 6.45) is 0. The highest BCUT2D eigenvalue weighted by Gasteiger charge is 2.39. The fraction of sp³-hybridized carbons (Fsp3) is 0.235. The summed E-state index contributed by atoms with van der Waals surface area (Å²) >= 11 is 0. The van der Waals surface area contributed by atoms with E-state index in [0.717, 1.165) is 5.56 Å². The van der Waals surface area contributed by atoms with E-state index in [9.17, 15) is 9.90 Å². The first-order valence-electron chi connectivity index (χ1n) is 7.34. The number of benzene rings is 1. The second kappa shape index (κ2) is 6.35. The topological polar surface area (TPSA) is 114 Å². The molecule has 1 saturated heterocycles. The van der Waals surface area contributed by atoms with Gasteiger partial charge in [-0.1, -0.05) is 12.1 Å². The summed E-state index contributed by atoms with van der Waals surface area (Å²) in [6.45, 7) is 0.810. The second-order valence-electron chi connectivity index (χ2n) is 5.58. The number of anilines is 1. The summed E-state index contributed by atoms with van der Waals surface area (Å²) in [5.41, 5.74) is 1.64. The number of aliphatic carboxylic acids is 1. The van der Waals surface area contributed by atoms with Crippen LogP contribution in [0, 0.1) is 28.6 Å². The molecule has 0 amide bonds. The minimum atomic E-state index is -0.867. The number of nitrogens with zero attached hydrogens (tertiary/aromatic N) is 5. The van der Waals surface area contributed by atoms with Gasteiger partial charge in [-0.25, -0.2) is 0 Å². The summed E-state index contributed by atoms with van der Waals surface area (Å²) in [6, 6.07) is 14.2. The van der Waals surface area contributed by atoms with E-state index in [-0.39, 0.29) is 11.6 Å². The predicted molar refractivity (Wildman–Crippen MR) is 84.0 cm³/mol. The lowest BCUT2D eigenvalue weighted by Gasteiger charge is -2.16. The Balaban J connectivity index is 1.87. The smallest absolute Gasteiger partial charge is 0.308 e. The van der Waals surface area contributed by atoms with Crippen molar-refractivity contribution in [2.24, 2.45) is 5.92 Å². The number of nitriles is 2. The molecule has 1 aliphatic rings. The van der Waals surface area contributed by atoms with E-state index in [1.54, 1.807) is 36.4 Å². The minimum Gasteiger partial charge on any atom is -0.481 e. The number of carboxylic acids is 1. The van der Waals surface area contributed by atoms with Gasteiger partial charge in [0, 0.05) is 19.0 Å². The van der Waals surface area contributed by atoms with Crippen LogP contribution in [0.15, 0.2) is 36.4 Å². The molecule has 0 unspecified atom stereocenters. The Morgan fingerprint density at radius 1 is 1.08 bits per heavy atom. The van der Waals surface area contributed by atoms with Crippen LogP contribution in [0.1, 0.15) is 22.7 Å². The van der Waals surface area contributed by atoms with Gasteiger partial charge in [0.15, 0.2) is 11.5 Å². The van der Waals surface area contributed by atoms with Gasteiger partial charge in [-0.3, -0.25) is 4.79 Å². The fourth-order valence-electron chi connectivity index (χ4n) is 2.94. The molecule has 7 nitrogen and oxygen atoms in total. The van der Waals surface area contributed by atoms with E-state index in [2.05, 4.69) is 16.3 Å². The molecule has 1 aromatic heterocycles. The van der Waals surface area contributed by atoms with E-state index >= 15 is 0 Å². The quantitative estimate of drug-likeness (QED) is 0.912. The zero-order valence-electron chi connectivity index (χ0n) is 12.6. The molecule has 3 rings (SSSR count). The summed E-state index contributed by atoms with van der Waals surface area (Å²) in [5, 5.41) is 35.0. The monoisotopic (exact) mass is 319 g/mol. The third-order valence-corrected chi connectivity index (χ3v) is 4.19. The Hall–Kier alpha value is -3.45. The van der Waals surface area contributed by atoms with Crippen molar-refractivity contribution in [1.29, 1.82) is 10.5 Å². The normalized spacial score (nSPS) is 19.5. The van der Waals surface area contributed by atoms with Crippen LogP contribution in [0.3, 0.4) is 0 Å². The molecule has 0 aliphatic carbocycles. The molecule has 1 aromatic carbocycles. The van der Waals surface area contributed by atoms with Crippen molar-refractivity contribution in [3.8, 4) is 12.1 Å². The van der Waals surface area contributed by atoms with Crippen molar-refractivity contribution in [2.45, 2.75) is 5.92 Å². The van der Waals surface area contributed by atoms with Crippen LogP contribution in [0.4, 0.5) is 5.82 Å². The third-order valence-electron chi connectivity index (χ3n) is 4.19. The first kappa shape index (κ1) is 15.4. The van der Waals surface area contributed by atoms with Gasteiger partial charge < -0.3 is 10.0 Å². The fourth-order valence-corrected chi connectivity index (χ4v) is 2.94. The molecule has 0 spiro atoms. The molecule has 1 fully saturated rings. The molecule has 2 aromatic rings. The number of carboxylic acid groups (broad SMARTS) is 1. The van der Waals surface area contributed by atoms with E-state index in [0.29, 0.717) is 24.5 Å². The third kappa shape index (κ3) is 2.88. The molecule has 1 N–H and O–H groups in total. The largest absolute Gasteiger partial charge is 0.481 e. The van der Waals surface area contributed by atoms with Gasteiger partial charge >= 0.3 is 5.97 Å². The van der Waals surface area contributed by atoms with Crippen molar-refractivity contribution < 1.29 is 9.90 Å². The summed E-state index contributed by atoms with van der Waals surface area (Å²) in [5.74, 6) is -1.09. The number of hydrogen-bond donors (Lipinski definition) is 1. The van der Waals surface area contributed by atoms with Gasteiger partial charge in [0.25, 0.3) is 0 Å². The van der Waals surface area contributed by atoms with Crippen molar-refractivity contribution in [1.82, 2.24) is 10.2 Å². The molecular formula is C17H13N5O2. The van der Waals surface area contributed by atoms with Gasteiger partial charge in [0.05, 0.1) is 17.6 Å². The number of hydrogen-bond acceptors (Lipinski definition) is 6. The SMILES string of the molecule is N#Cc1ccc([C@@H]2CN(c3ccc(C#N)nn3)C[C@H]2C(=O)O)cc1. The first-order valence-corrected chi connectivity index (χ1v) is 7.34. The average molecular weight is 319 g/mol. The van der Waals surface area contributed by atoms with Crippen LogP contribution in [-0.2, 0) is 4.79 Å². The first-order chi connectivity index (χ1) is 11.6. The lowest BCUT2D eigenvalue weighted by Crippen LogP contribution is -2.24. The molecular weight excluding hydrogens is 306 g/mol. The number of carbonyl (C=O) groups is 1. The van der Waals surface area contributed by atoms with Crippen LogP contribution < -0.4 is 4.90 Å². The Bertz CT molecular complexity index is 833. The zero-order valence-corrected chi connectivity index (χ0v) is 12.6. The van der Waals surface area contributed by atoms with Gasteiger partial charge in [-0.15, -0.1) is 10.2 Å². The molecule has 0 saturated carbocycles. The van der Waals surface area contributed by atoms with Gasteiger partial charge in [-0.2, -0.15) is 10.5 Å². The minimum absolute atomic E-state index is 0.201. The highest BCUT2D eigenvalue weighted by atomic mass is 16.4. The Labute approximate surface area is 138 Å². The molecule has 2 atom stereocenters. The van der Waals surface area contributed by atoms with Crippen LogP contribution in [-0.4, -0.2) is 34.4 Å². The Morgan fingerprint density at radius 3 is 2.38 bits per heavy atom. The van der Waals surface area contributed by atoms with Crippen molar-refractivity contribution in [3.05, 3.63) is 53.2 Å². The molecule has 24 heavy (non-hydrogen) atoms. The standard InChI is InChI=1S/C17H13N5O2/c18-7-11-1-3-12(4-2-11)14-9-22(10-15(14)17(23)24)16-6-5-13(8-19)20-21-16/h1-6,14-15H,9-10H2,(H,23,24)/t14-,15+/m0/s1. The van der Waals surface area contributed by atoms with Gasteiger partial charge in [-0.05, 0) is 29.8 Å². The second-order valence-corrected chi connectivity index (χ2v) is 5.58. The van der Waals surface area contributed by atoms with E-state index in [1.807, 2.05) is 11.0 Å². The maximum absolute atomic E-state index is 11.6. The highest BCUT2D eigenvalue weighted by Crippen LogP contribution is 2.35. The van der Waals surface area contributed by atoms with E-state index in [4.69, 9.17) is 10.5 Å². The zero-order chi connectivity index (χ0) is 17.1. The van der Waals surface area contributed by atoms with Crippen molar-refractivity contribution in [3.63, 3.8) is 0 Å². The molecule has 2 heterocycles. The van der Waals surface area contributed by atoms with Crippen LogP contribution in [0.5, 0.6) is 0 Å². The summed E-state index contributed by atoms with van der Waals surface area (Å²) in [7, 11) is 0. The number of aromatic nitrogens is 2. The molecule has 118 valence electrons. The van der Waals surface area contributed by atoms with Crippen molar-refractivity contribution in [2.75, 3.05) is 18.0 Å². The van der Waals surface area contributed by atoms with Crippen molar-refractivity contribution >= 4 is 11.8 Å². The highest BCUT2D eigenvalue weighted by molar-refractivity contribution is 5.74. The van der Waals surface area contributed by atoms with Crippen LogP contribution >= 0.6 is 0 Å². The number of rotatable bonds is 3. The maximum atomic E-state index is 11.6. The van der Waals surface area contributed by atoms with E-state index in [1.165, 1.54) is 0 Å². The maximum Gasteiger partial charge on any atom is 0.308 e. The summed E-state index contributed by atoms with van der Waals surface area (Å²) in [4.78, 5) is 13.5. The predicted octanol–water partition coefficient (Wildman–Crippen LogP) is 1.52. The van der Waals surface area contributed by atoms with Crippen LogP contribution in [0.25, 0.3) is 0 Å². The lowest BCUT2D eigenvalue weighted by atomic mass is 9.89. The van der Waals surface area contributed by atoms with Crippen LogP contribution in [0.2, 0.25) is 0 Å². The average Bonchev–Trinajstić information content (AvgIpc) is 3.07. The molecule has 0 radical (unpaired) electrons. The molecule has 0 bridgehead atoms. The summed E-state index contributed by atoms with van der Waals surface area (Å²) < 4.78 is 0. The molecule has 7 heteroatoms. The van der Waals surface area contributed by atoms with Gasteiger partial charge in [0.2, 0.25) is 0 Å². The lowest BCUT2D eigenvalue weighted by molar-refractivity contribution is -0.141. The van der Waals surface area contributed by atoms with E-state index < -0.39 is 11.9 Å². The Morgan fingerprint density at radius 2 is 1.83 bits per heavy atom. The van der Waals surface area contributed by atoms with Gasteiger partial charge in [0.1, 0.15) is 6.07 Å². The Kier molecular flexibility index (Phi) is 4.09. The molecule has 1 aliphatic heterocycles.